The van der Waals surface area contributed by atoms with Crippen LogP contribution in [-0.2, 0) is 16.1 Å². The number of aromatic nitrogens is 3. The summed E-state index contributed by atoms with van der Waals surface area (Å²) in [5.41, 5.74) is 3.68. The minimum Gasteiger partial charge on any atom is -0.463 e. The topological polar surface area (TPSA) is 111 Å². The molecule has 0 radical (unpaired) electrons. The second-order valence-electron chi connectivity index (χ2n) is 7.98. The summed E-state index contributed by atoms with van der Waals surface area (Å²) in [5.74, 6) is 0.948. The van der Waals surface area contributed by atoms with Crippen LogP contribution in [0.5, 0.6) is 0 Å². The molecular formula is C25H27N5O4S. The van der Waals surface area contributed by atoms with Gasteiger partial charge in [-0.2, -0.15) is 0 Å². The molecule has 2 N–H and O–H groups in total. The van der Waals surface area contributed by atoms with Crippen molar-refractivity contribution in [2.24, 2.45) is 0 Å². The molecule has 1 aromatic carbocycles. The second-order valence-corrected chi connectivity index (χ2v) is 8.92. The number of aryl methyl sites for hydroxylation is 2. The number of nitrogens with one attached hydrogen (secondary N) is 2. The lowest BCUT2D eigenvalue weighted by Gasteiger charge is -2.30. The highest BCUT2D eigenvalue weighted by Crippen LogP contribution is 2.33. The maximum atomic E-state index is 13.1. The summed E-state index contributed by atoms with van der Waals surface area (Å²) in [6, 6.07) is 8.52. The van der Waals surface area contributed by atoms with Crippen LogP contribution in [0.15, 0.2) is 70.1 Å². The molecule has 0 aliphatic carbocycles. The zero-order valence-corrected chi connectivity index (χ0v) is 20.6. The first-order valence-electron chi connectivity index (χ1n) is 11.2. The van der Waals surface area contributed by atoms with Crippen molar-refractivity contribution in [1.29, 1.82) is 0 Å². The van der Waals surface area contributed by atoms with Gasteiger partial charge in [0.1, 0.15) is 0 Å². The molecule has 1 aliphatic rings. The Morgan fingerprint density at radius 2 is 2.14 bits per heavy atom. The number of furan rings is 1. The van der Waals surface area contributed by atoms with Gasteiger partial charge in [0.15, 0.2) is 10.9 Å². The van der Waals surface area contributed by atoms with E-state index in [9.17, 15) is 9.59 Å². The minimum atomic E-state index is -0.636. The van der Waals surface area contributed by atoms with Crippen molar-refractivity contribution >= 4 is 23.8 Å². The number of amides is 2. The van der Waals surface area contributed by atoms with Crippen LogP contribution in [0.1, 0.15) is 29.7 Å². The summed E-state index contributed by atoms with van der Waals surface area (Å²) in [5, 5.41) is 14.9. The predicted molar refractivity (Wildman–Crippen MR) is 133 cm³/mol. The van der Waals surface area contributed by atoms with Gasteiger partial charge in [0.2, 0.25) is 5.82 Å². The van der Waals surface area contributed by atoms with Crippen molar-refractivity contribution < 1.29 is 18.7 Å². The van der Waals surface area contributed by atoms with Gasteiger partial charge in [0.25, 0.3) is 0 Å². The average Bonchev–Trinajstić information content (AvgIpc) is 3.49. The first-order chi connectivity index (χ1) is 16.9. The SMILES string of the molecule is C=CCn1c(SCC2=C(C(=O)OCC)[C@H](c3cc(C)ccc3C)NC(=O)N2)nnc1-c1ccco1. The number of benzene rings is 1. The predicted octanol–water partition coefficient (Wildman–Crippen LogP) is 4.30. The Hall–Kier alpha value is -3.79. The molecule has 35 heavy (non-hydrogen) atoms. The van der Waals surface area contributed by atoms with Crippen molar-refractivity contribution in [2.45, 2.75) is 38.5 Å². The fourth-order valence-corrected chi connectivity index (χ4v) is 4.82. The minimum absolute atomic E-state index is 0.219. The number of rotatable bonds is 9. The third-order valence-electron chi connectivity index (χ3n) is 5.51. The van der Waals surface area contributed by atoms with Gasteiger partial charge in [-0.05, 0) is 44.0 Å². The van der Waals surface area contributed by atoms with E-state index in [1.807, 2.05) is 36.6 Å². The zero-order valence-electron chi connectivity index (χ0n) is 19.8. The van der Waals surface area contributed by atoms with E-state index in [-0.39, 0.29) is 18.4 Å². The number of hydrogen-bond acceptors (Lipinski definition) is 7. The van der Waals surface area contributed by atoms with Gasteiger partial charge in [-0.15, -0.1) is 16.8 Å². The molecule has 4 rings (SSSR count). The van der Waals surface area contributed by atoms with E-state index in [2.05, 4.69) is 27.4 Å². The van der Waals surface area contributed by atoms with E-state index in [0.29, 0.717) is 34.6 Å². The van der Waals surface area contributed by atoms with Crippen LogP contribution in [0.2, 0.25) is 0 Å². The van der Waals surface area contributed by atoms with Crippen LogP contribution in [-0.4, -0.2) is 39.1 Å². The first-order valence-corrected chi connectivity index (χ1v) is 12.2. The Morgan fingerprint density at radius 3 is 2.86 bits per heavy atom. The fraction of sp³-hybridized carbons (Fsp3) is 0.280. The number of allylic oxidation sites excluding steroid dienone is 1. The van der Waals surface area contributed by atoms with Crippen molar-refractivity contribution in [1.82, 2.24) is 25.4 Å². The number of ether oxygens (including phenoxy) is 1. The summed E-state index contributed by atoms with van der Waals surface area (Å²) < 4.78 is 12.7. The molecule has 10 heteroatoms. The normalized spacial score (nSPS) is 15.5. The lowest BCUT2D eigenvalue weighted by Crippen LogP contribution is -2.46. The van der Waals surface area contributed by atoms with Crippen LogP contribution < -0.4 is 10.6 Å². The summed E-state index contributed by atoms with van der Waals surface area (Å²) in [4.78, 5) is 25.7. The summed E-state index contributed by atoms with van der Waals surface area (Å²) in [6.45, 7) is 10.2. The van der Waals surface area contributed by atoms with E-state index in [4.69, 9.17) is 9.15 Å². The largest absolute Gasteiger partial charge is 0.463 e. The molecule has 9 nitrogen and oxygen atoms in total. The average molecular weight is 494 g/mol. The third-order valence-corrected chi connectivity index (χ3v) is 6.50. The summed E-state index contributed by atoms with van der Waals surface area (Å²) >= 11 is 1.35. The lowest BCUT2D eigenvalue weighted by molar-refractivity contribution is -0.139. The first kappa shape index (κ1) is 24.3. The van der Waals surface area contributed by atoms with Crippen molar-refractivity contribution in [2.75, 3.05) is 12.4 Å². The highest BCUT2D eigenvalue weighted by molar-refractivity contribution is 7.99. The van der Waals surface area contributed by atoms with E-state index < -0.39 is 12.0 Å². The molecular weight excluding hydrogens is 466 g/mol. The number of carbonyl (C=O) groups is 2. The highest BCUT2D eigenvalue weighted by atomic mass is 32.2. The Balaban J connectivity index is 1.72. The van der Waals surface area contributed by atoms with Gasteiger partial charge in [-0.25, -0.2) is 9.59 Å². The smallest absolute Gasteiger partial charge is 0.338 e. The standard InChI is InChI=1S/C25H27N5O4S/c1-5-11-30-22(19-8-7-12-34-19)28-29-25(30)35-14-18-20(23(31)33-6-2)21(27-24(32)26-18)17-13-15(3)9-10-16(17)4/h5,7-10,12-13,21H,1,6,11,14H2,2-4H3,(H2,26,27,32)/t21-/m0/s1. The molecule has 0 fully saturated rings. The maximum Gasteiger partial charge on any atom is 0.338 e. The van der Waals surface area contributed by atoms with Gasteiger partial charge < -0.3 is 19.8 Å². The molecule has 0 saturated carbocycles. The molecule has 0 bridgehead atoms. The van der Waals surface area contributed by atoms with Crippen LogP contribution in [0, 0.1) is 13.8 Å². The number of urea groups is 1. The highest BCUT2D eigenvalue weighted by Gasteiger charge is 2.34. The van der Waals surface area contributed by atoms with E-state index in [0.717, 1.165) is 16.7 Å². The zero-order chi connectivity index (χ0) is 24.9. The summed E-state index contributed by atoms with van der Waals surface area (Å²) in [7, 11) is 0. The van der Waals surface area contributed by atoms with Gasteiger partial charge in [-0.3, -0.25) is 4.57 Å². The molecule has 2 aromatic heterocycles. The Bertz CT molecular complexity index is 1280. The number of thioether (sulfide) groups is 1. The molecule has 0 spiro atoms. The molecule has 1 atom stereocenters. The van der Waals surface area contributed by atoms with Crippen molar-refractivity contribution in [3.8, 4) is 11.6 Å². The van der Waals surface area contributed by atoms with Crippen LogP contribution in [0.3, 0.4) is 0 Å². The second kappa shape index (κ2) is 10.6. The molecule has 2 amide bonds. The Kier molecular flexibility index (Phi) is 7.40. The number of esters is 1. The van der Waals surface area contributed by atoms with Crippen LogP contribution in [0.25, 0.3) is 11.6 Å². The van der Waals surface area contributed by atoms with Gasteiger partial charge in [0.05, 0.1) is 24.5 Å². The molecule has 1 aliphatic heterocycles. The number of nitrogens with zero attached hydrogens (tertiary/aromatic N) is 3. The van der Waals surface area contributed by atoms with Crippen LogP contribution in [0.4, 0.5) is 4.79 Å². The van der Waals surface area contributed by atoms with Gasteiger partial charge >= 0.3 is 12.0 Å². The molecule has 3 heterocycles. The molecule has 0 unspecified atom stereocenters. The quantitative estimate of drug-likeness (QED) is 0.260. The number of hydrogen-bond donors (Lipinski definition) is 2. The maximum absolute atomic E-state index is 13.1. The summed E-state index contributed by atoms with van der Waals surface area (Å²) in [6.07, 6.45) is 3.31. The monoisotopic (exact) mass is 493 g/mol. The Morgan fingerprint density at radius 1 is 1.31 bits per heavy atom. The lowest BCUT2D eigenvalue weighted by atomic mass is 9.91. The van der Waals surface area contributed by atoms with Crippen molar-refractivity contribution in [3.63, 3.8) is 0 Å². The molecule has 182 valence electrons. The Labute approximate surface area is 207 Å². The fourth-order valence-electron chi connectivity index (χ4n) is 3.90. The van der Waals surface area contributed by atoms with Crippen molar-refractivity contribution in [3.05, 3.63) is 77.2 Å². The van der Waals surface area contributed by atoms with E-state index in [1.54, 1.807) is 31.4 Å². The molecule has 3 aromatic rings. The number of carbonyl (C=O) groups excluding carboxylic acids is 2. The van der Waals surface area contributed by atoms with Crippen LogP contribution >= 0.6 is 11.8 Å². The molecule has 0 saturated heterocycles. The van der Waals surface area contributed by atoms with Gasteiger partial charge in [0, 0.05) is 18.0 Å². The van der Waals surface area contributed by atoms with Gasteiger partial charge in [-0.1, -0.05) is 41.6 Å². The van der Waals surface area contributed by atoms with E-state index >= 15 is 0 Å². The van der Waals surface area contributed by atoms with E-state index in [1.165, 1.54) is 11.8 Å². The third kappa shape index (κ3) is 5.17.